The van der Waals surface area contributed by atoms with Gasteiger partial charge in [-0.3, -0.25) is 13.5 Å². The van der Waals surface area contributed by atoms with Gasteiger partial charge >= 0.3 is 0 Å². The molecule has 0 aliphatic rings. The van der Waals surface area contributed by atoms with Crippen molar-refractivity contribution in [3.05, 3.63) is 243 Å². The first-order chi connectivity index (χ1) is 33.3. The Morgan fingerprint density at radius 3 is 1.28 bits per heavy atom. The minimum absolute atomic E-state index is 0.804. The van der Waals surface area contributed by atoms with E-state index in [0.717, 1.165) is 56.2 Å². The highest BCUT2D eigenvalue weighted by Crippen LogP contribution is 2.35. The highest BCUT2D eigenvalue weighted by Gasteiger charge is 2.43. The van der Waals surface area contributed by atoms with E-state index in [9.17, 15) is 0 Å². The number of benzene rings is 9. The van der Waals surface area contributed by atoms with Crippen LogP contribution in [0.3, 0.4) is 0 Å². The van der Waals surface area contributed by atoms with E-state index in [1.807, 2.05) is 0 Å². The lowest BCUT2D eigenvalue weighted by Crippen LogP contribution is -2.75. The molecule has 7 heteroatoms. The highest BCUT2D eigenvalue weighted by atomic mass is 28.3. The zero-order chi connectivity index (χ0) is 44.1. The summed E-state index contributed by atoms with van der Waals surface area (Å²) in [4.78, 5) is 11.2. The number of hydrogen-bond acceptors (Lipinski definition) is 2. The summed E-state index contributed by atoms with van der Waals surface area (Å²) in [7, 11) is -3.28. The average molecular weight is 873 g/mol. The maximum absolute atomic E-state index is 5.80. The number of fused-ring (bicyclic) bond motifs is 11. The van der Waals surface area contributed by atoms with Gasteiger partial charge in [-0.2, -0.15) is 0 Å². The molecule has 0 aliphatic carbocycles. The van der Waals surface area contributed by atoms with Crippen LogP contribution in [0.15, 0.2) is 243 Å². The number of para-hydroxylation sites is 8. The minimum atomic E-state index is -3.28. The second-order valence-electron chi connectivity index (χ2n) is 17.4. The van der Waals surface area contributed by atoms with Crippen LogP contribution in [0.1, 0.15) is 0 Å². The summed E-state index contributed by atoms with van der Waals surface area (Å²) >= 11 is 0. The van der Waals surface area contributed by atoms with Crippen LogP contribution in [0.2, 0.25) is 0 Å². The summed E-state index contributed by atoms with van der Waals surface area (Å²) < 4.78 is 9.37. The van der Waals surface area contributed by atoms with E-state index in [1.165, 1.54) is 53.3 Å². The van der Waals surface area contributed by atoms with Gasteiger partial charge in [0, 0.05) is 27.2 Å². The molecule has 0 amide bonds. The van der Waals surface area contributed by atoms with Gasteiger partial charge in [0.1, 0.15) is 11.6 Å². The SMILES string of the molecule is c1ccc([Si](c2ccccc2)(c2cccc(-n3c4ccccc4c4ccccc43)c2)c2cc(-n3c4ccccc4c4ccccc43)nc(-n3c4ccccc4n4c5ccccc5nc34)c2)cc1. The van der Waals surface area contributed by atoms with Crippen molar-refractivity contribution in [2.75, 3.05) is 0 Å². The van der Waals surface area contributed by atoms with Crippen molar-refractivity contribution < 1.29 is 0 Å². The Balaban J connectivity index is 1.15. The molecule has 0 N–H and O–H groups in total. The molecule has 0 radical (unpaired) electrons. The van der Waals surface area contributed by atoms with Crippen molar-refractivity contribution in [3.8, 4) is 17.3 Å². The Bertz CT molecular complexity index is 4090. The second-order valence-corrected chi connectivity index (χ2v) is 21.2. The van der Waals surface area contributed by atoms with Gasteiger partial charge in [-0.1, -0.05) is 170 Å². The molecule has 0 aliphatic heterocycles. The molecule has 14 rings (SSSR count). The first-order valence-corrected chi connectivity index (χ1v) is 24.8. The van der Waals surface area contributed by atoms with Crippen LogP contribution in [0.25, 0.3) is 88.8 Å². The Morgan fingerprint density at radius 1 is 0.284 bits per heavy atom. The van der Waals surface area contributed by atoms with Crippen LogP contribution in [0.5, 0.6) is 0 Å². The molecule has 0 fully saturated rings. The molecule has 0 unspecified atom stereocenters. The Hall–Kier alpha value is -8.78. The van der Waals surface area contributed by atoms with Gasteiger partial charge in [-0.05, 0) is 93.5 Å². The van der Waals surface area contributed by atoms with Crippen LogP contribution < -0.4 is 20.7 Å². The molecular formula is C60H40N6Si. The number of aromatic nitrogens is 6. The van der Waals surface area contributed by atoms with Crippen molar-refractivity contribution in [2.45, 2.75) is 0 Å². The molecule has 14 aromatic rings. The fourth-order valence-electron chi connectivity index (χ4n) is 11.1. The first-order valence-electron chi connectivity index (χ1n) is 22.8. The van der Waals surface area contributed by atoms with E-state index in [0.29, 0.717) is 0 Å². The number of nitrogens with zero attached hydrogens (tertiary/aromatic N) is 6. The molecule has 9 aromatic carbocycles. The number of rotatable bonds is 7. The lowest BCUT2D eigenvalue weighted by atomic mass is 10.2. The Labute approximate surface area is 386 Å². The van der Waals surface area contributed by atoms with E-state index in [-0.39, 0.29) is 0 Å². The minimum Gasteiger partial charge on any atom is -0.309 e. The van der Waals surface area contributed by atoms with Gasteiger partial charge in [-0.15, -0.1) is 0 Å². The van der Waals surface area contributed by atoms with Gasteiger partial charge in [0.05, 0.1) is 44.1 Å². The number of hydrogen-bond donors (Lipinski definition) is 0. The number of imidazole rings is 2. The molecule has 67 heavy (non-hydrogen) atoms. The zero-order valence-electron chi connectivity index (χ0n) is 36.3. The first kappa shape index (κ1) is 37.6. The van der Waals surface area contributed by atoms with Gasteiger partial charge in [-0.25, -0.2) is 9.97 Å². The van der Waals surface area contributed by atoms with Crippen molar-refractivity contribution in [1.29, 1.82) is 0 Å². The Kier molecular flexibility index (Phi) is 8.20. The van der Waals surface area contributed by atoms with Gasteiger partial charge in [0.25, 0.3) is 0 Å². The second kappa shape index (κ2) is 14.6. The van der Waals surface area contributed by atoms with Crippen molar-refractivity contribution in [2.24, 2.45) is 0 Å². The topological polar surface area (TPSA) is 45.0 Å². The average Bonchev–Trinajstić information content (AvgIpc) is 4.13. The number of pyridine rings is 1. The third-order valence-corrected chi connectivity index (χ3v) is 18.6. The molecule has 314 valence electrons. The fraction of sp³-hybridized carbons (Fsp3) is 0. The summed E-state index contributed by atoms with van der Waals surface area (Å²) in [6.45, 7) is 0. The highest BCUT2D eigenvalue weighted by molar-refractivity contribution is 7.20. The van der Waals surface area contributed by atoms with Gasteiger partial charge in [0.2, 0.25) is 5.78 Å². The lowest BCUT2D eigenvalue weighted by Gasteiger charge is -2.35. The van der Waals surface area contributed by atoms with Crippen LogP contribution >= 0.6 is 0 Å². The zero-order valence-corrected chi connectivity index (χ0v) is 37.3. The monoisotopic (exact) mass is 872 g/mol. The molecule has 0 spiro atoms. The third kappa shape index (κ3) is 5.43. The lowest BCUT2D eigenvalue weighted by molar-refractivity contribution is 0.999. The molecule has 0 saturated carbocycles. The van der Waals surface area contributed by atoms with E-state index >= 15 is 0 Å². The smallest absolute Gasteiger partial charge is 0.221 e. The standard InChI is InChI=1S/C60H40N6Si/c1-3-21-42(22-4-1)67(43-23-5-2-6-24-43,44-25-19-20-41(38-44)63-51-31-12-7-26-46(51)47-27-8-13-32-52(47)63)45-39-58(64-53-33-14-9-28-48(53)49-29-10-15-34-54(49)64)62-59(40-45)66-57-37-18-17-36-56(57)65-55-35-16-11-30-50(55)61-60(65)66/h1-40H. The van der Waals surface area contributed by atoms with E-state index in [2.05, 4.69) is 261 Å². The van der Waals surface area contributed by atoms with Crippen molar-refractivity contribution in [1.82, 2.24) is 28.1 Å². The predicted molar refractivity (Wildman–Crippen MR) is 280 cm³/mol. The van der Waals surface area contributed by atoms with E-state index < -0.39 is 8.07 Å². The normalized spacial score (nSPS) is 12.2. The summed E-state index contributed by atoms with van der Waals surface area (Å²) in [5.41, 5.74) is 9.81. The van der Waals surface area contributed by atoms with Crippen LogP contribution in [-0.2, 0) is 0 Å². The Morgan fingerprint density at radius 2 is 0.716 bits per heavy atom. The fourth-order valence-corrected chi connectivity index (χ4v) is 15.9. The molecule has 0 saturated heterocycles. The van der Waals surface area contributed by atoms with Gasteiger partial charge in [0.15, 0.2) is 8.07 Å². The van der Waals surface area contributed by atoms with Gasteiger partial charge < -0.3 is 4.57 Å². The summed E-state index contributed by atoms with van der Waals surface area (Å²) in [6, 6.07) is 88.6. The van der Waals surface area contributed by atoms with E-state index in [1.54, 1.807) is 0 Å². The predicted octanol–water partition coefficient (Wildman–Crippen LogP) is 11.4. The van der Waals surface area contributed by atoms with E-state index in [4.69, 9.17) is 9.97 Å². The quantitative estimate of drug-likeness (QED) is 0.118. The molecular weight excluding hydrogens is 833 g/mol. The molecule has 5 heterocycles. The van der Waals surface area contributed by atoms with Crippen LogP contribution in [0, 0.1) is 0 Å². The molecule has 6 nitrogen and oxygen atoms in total. The van der Waals surface area contributed by atoms with Crippen molar-refractivity contribution in [3.63, 3.8) is 0 Å². The van der Waals surface area contributed by atoms with Crippen LogP contribution in [-0.4, -0.2) is 36.1 Å². The maximum Gasteiger partial charge on any atom is 0.221 e. The molecule has 0 atom stereocenters. The molecule has 5 aromatic heterocycles. The molecule has 0 bridgehead atoms. The van der Waals surface area contributed by atoms with Crippen LogP contribution in [0.4, 0.5) is 0 Å². The summed E-state index contributed by atoms with van der Waals surface area (Å²) in [6.07, 6.45) is 0. The third-order valence-electron chi connectivity index (χ3n) is 13.9. The van der Waals surface area contributed by atoms with Crippen molar-refractivity contribution >= 4 is 100 Å². The largest absolute Gasteiger partial charge is 0.309 e. The maximum atomic E-state index is 5.80. The summed E-state index contributed by atoms with van der Waals surface area (Å²) in [5.74, 6) is 2.47. The summed E-state index contributed by atoms with van der Waals surface area (Å²) in [5, 5.41) is 9.89.